The number of carbonyl (C=O) groups excluding carboxylic acids is 2. The summed E-state index contributed by atoms with van der Waals surface area (Å²) >= 11 is 0. The standard InChI is InChI=1S/C10H14N4O2/c1-14-8(15)10(3-4-11,13-9(14)16)7-2-5-12-6-7/h2,5-6,12H,3-4,11H2,1H3,(H,13,16). The lowest BCUT2D eigenvalue weighted by Crippen LogP contribution is -2.45. The van der Waals surface area contributed by atoms with Crippen molar-refractivity contribution >= 4 is 11.9 Å². The highest BCUT2D eigenvalue weighted by Crippen LogP contribution is 2.31. The third-order valence-corrected chi connectivity index (χ3v) is 2.90. The van der Waals surface area contributed by atoms with Crippen LogP contribution >= 0.6 is 0 Å². The van der Waals surface area contributed by atoms with Crippen LogP contribution in [0, 0.1) is 0 Å². The number of carbonyl (C=O) groups is 2. The van der Waals surface area contributed by atoms with Gasteiger partial charge in [0.1, 0.15) is 5.54 Å². The number of rotatable bonds is 3. The van der Waals surface area contributed by atoms with E-state index in [1.807, 2.05) is 0 Å². The normalized spacial score (nSPS) is 25.0. The average Bonchev–Trinajstić information content (AvgIpc) is 2.85. The van der Waals surface area contributed by atoms with Crippen LogP contribution in [0.1, 0.15) is 12.0 Å². The van der Waals surface area contributed by atoms with E-state index >= 15 is 0 Å². The molecule has 1 saturated heterocycles. The second-order valence-corrected chi connectivity index (χ2v) is 3.84. The molecule has 86 valence electrons. The lowest BCUT2D eigenvalue weighted by molar-refractivity contribution is -0.130. The molecule has 6 nitrogen and oxygen atoms in total. The number of nitrogens with zero attached hydrogens (tertiary/aromatic N) is 1. The fourth-order valence-corrected chi connectivity index (χ4v) is 2.01. The molecule has 1 unspecified atom stereocenters. The highest BCUT2D eigenvalue weighted by atomic mass is 16.2. The maximum absolute atomic E-state index is 12.1. The molecule has 1 aromatic rings. The van der Waals surface area contributed by atoms with Gasteiger partial charge in [0.05, 0.1) is 0 Å². The smallest absolute Gasteiger partial charge is 0.325 e. The van der Waals surface area contributed by atoms with Gasteiger partial charge in [-0.25, -0.2) is 4.79 Å². The van der Waals surface area contributed by atoms with Crippen molar-refractivity contribution in [3.63, 3.8) is 0 Å². The Balaban J connectivity index is 2.45. The van der Waals surface area contributed by atoms with Gasteiger partial charge in [0.15, 0.2) is 0 Å². The van der Waals surface area contributed by atoms with Gasteiger partial charge in [-0.15, -0.1) is 0 Å². The number of hydrogen-bond donors (Lipinski definition) is 3. The number of hydrogen-bond acceptors (Lipinski definition) is 3. The van der Waals surface area contributed by atoms with Crippen molar-refractivity contribution in [3.05, 3.63) is 24.0 Å². The molecule has 0 spiro atoms. The first-order valence-electron chi connectivity index (χ1n) is 5.05. The number of nitrogens with two attached hydrogens (primary N) is 1. The van der Waals surface area contributed by atoms with Crippen LogP contribution < -0.4 is 11.1 Å². The zero-order valence-corrected chi connectivity index (χ0v) is 8.99. The Morgan fingerprint density at radius 3 is 2.69 bits per heavy atom. The summed E-state index contributed by atoms with van der Waals surface area (Å²) in [6.45, 7) is 0.324. The summed E-state index contributed by atoms with van der Waals surface area (Å²) < 4.78 is 0. The molecular weight excluding hydrogens is 208 g/mol. The largest absolute Gasteiger partial charge is 0.367 e. The molecule has 3 amide bonds. The first-order chi connectivity index (χ1) is 7.62. The van der Waals surface area contributed by atoms with Gasteiger partial charge >= 0.3 is 6.03 Å². The number of H-pyrrole nitrogens is 1. The van der Waals surface area contributed by atoms with Crippen molar-refractivity contribution in [2.75, 3.05) is 13.6 Å². The summed E-state index contributed by atoms with van der Waals surface area (Å²) in [4.78, 5) is 27.6. The van der Waals surface area contributed by atoms with Crippen LogP contribution in [0.25, 0.3) is 0 Å². The molecule has 6 heteroatoms. The molecule has 4 N–H and O–H groups in total. The fourth-order valence-electron chi connectivity index (χ4n) is 2.01. The summed E-state index contributed by atoms with van der Waals surface area (Å²) in [6, 6.07) is 1.38. The van der Waals surface area contributed by atoms with Crippen LogP contribution in [-0.2, 0) is 10.3 Å². The summed E-state index contributed by atoms with van der Waals surface area (Å²) in [6.07, 6.45) is 3.80. The van der Waals surface area contributed by atoms with Crippen LogP contribution in [-0.4, -0.2) is 35.4 Å². The second kappa shape index (κ2) is 3.64. The van der Waals surface area contributed by atoms with Crippen molar-refractivity contribution in [3.8, 4) is 0 Å². The monoisotopic (exact) mass is 222 g/mol. The minimum Gasteiger partial charge on any atom is -0.367 e. The van der Waals surface area contributed by atoms with Crippen molar-refractivity contribution in [2.24, 2.45) is 5.73 Å². The van der Waals surface area contributed by atoms with E-state index in [1.165, 1.54) is 7.05 Å². The zero-order chi connectivity index (χ0) is 11.8. The van der Waals surface area contributed by atoms with Gasteiger partial charge in [0.25, 0.3) is 5.91 Å². The number of urea groups is 1. The Morgan fingerprint density at radius 1 is 1.50 bits per heavy atom. The van der Waals surface area contributed by atoms with Gasteiger partial charge in [-0.2, -0.15) is 0 Å². The number of aromatic amines is 1. The Morgan fingerprint density at radius 2 is 2.25 bits per heavy atom. The molecule has 16 heavy (non-hydrogen) atoms. The first kappa shape index (κ1) is 10.7. The Bertz CT molecular complexity index is 414. The van der Waals surface area contributed by atoms with Gasteiger partial charge in [-0.3, -0.25) is 9.69 Å². The molecule has 0 saturated carbocycles. The topological polar surface area (TPSA) is 91.2 Å². The van der Waals surface area contributed by atoms with E-state index in [9.17, 15) is 9.59 Å². The van der Waals surface area contributed by atoms with Crippen molar-refractivity contribution in [1.29, 1.82) is 0 Å². The number of imide groups is 1. The molecule has 0 aromatic carbocycles. The molecule has 0 aliphatic carbocycles. The van der Waals surface area contributed by atoms with Crippen molar-refractivity contribution in [2.45, 2.75) is 12.0 Å². The van der Waals surface area contributed by atoms with Crippen LogP contribution in [0.2, 0.25) is 0 Å². The van der Waals surface area contributed by atoms with E-state index < -0.39 is 5.54 Å². The third-order valence-electron chi connectivity index (χ3n) is 2.90. The number of likely N-dealkylation sites (N-methyl/N-ethyl adjacent to an activating group) is 1. The fraction of sp³-hybridized carbons (Fsp3) is 0.400. The Kier molecular flexibility index (Phi) is 2.43. The molecule has 0 radical (unpaired) electrons. The summed E-state index contributed by atoms with van der Waals surface area (Å²) in [5.41, 5.74) is 5.26. The third kappa shape index (κ3) is 1.30. The van der Waals surface area contributed by atoms with Gasteiger partial charge in [-0.1, -0.05) is 0 Å². The zero-order valence-electron chi connectivity index (χ0n) is 8.99. The summed E-state index contributed by atoms with van der Waals surface area (Å²) in [5.74, 6) is -0.262. The predicted molar refractivity (Wildman–Crippen MR) is 57.4 cm³/mol. The molecular formula is C10H14N4O2. The van der Waals surface area contributed by atoms with Crippen molar-refractivity contribution < 1.29 is 9.59 Å². The van der Waals surface area contributed by atoms with Crippen LogP contribution in [0.3, 0.4) is 0 Å². The van der Waals surface area contributed by atoms with E-state index in [1.54, 1.807) is 18.5 Å². The lowest BCUT2D eigenvalue weighted by atomic mass is 9.88. The molecule has 1 aromatic heterocycles. The average molecular weight is 222 g/mol. The predicted octanol–water partition coefficient (Wildman–Crippen LogP) is -0.260. The lowest BCUT2D eigenvalue weighted by Gasteiger charge is -2.24. The summed E-state index contributed by atoms with van der Waals surface area (Å²) in [7, 11) is 1.46. The van der Waals surface area contributed by atoms with E-state index in [0.29, 0.717) is 13.0 Å². The van der Waals surface area contributed by atoms with Crippen LogP contribution in [0.5, 0.6) is 0 Å². The number of aromatic nitrogens is 1. The first-order valence-corrected chi connectivity index (χ1v) is 5.05. The molecule has 1 aliphatic rings. The SMILES string of the molecule is CN1C(=O)NC(CCN)(c2cc[nH]c2)C1=O. The van der Waals surface area contributed by atoms with Crippen LogP contribution in [0.15, 0.2) is 18.5 Å². The van der Waals surface area contributed by atoms with Gasteiger partial charge in [-0.05, 0) is 19.0 Å². The molecule has 1 atom stereocenters. The van der Waals surface area contributed by atoms with Crippen molar-refractivity contribution in [1.82, 2.24) is 15.2 Å². The quantitative estimate of drug-likeness (QED) is 0.615. The second-order valence-electron chi connectivity index (χ2n) is 3.84. The Labute approximate surface area is 92.8 Å². The van der Waals surface area contributed by atoms with Gasteiger partial charge in [0, 0.05) is 25.0 Å². The molecule has 1 aliphatic heterocycles. The van der Waals surface area contributed by atoms with Gasteiger partial charge < -0.3 is 16.0 Å². The van der Waals surface area contributed by atoms with E-state index in [2.05, 4.69) is 10.3 Å². The Hall–Kier alpha value is -1.82. The molecule has 2 rings (SSSR count). The minimum absolute atomic E-state index is 0.262. The minimum atomic E-state index is -0.999. The number of nitrogens with one attached hydrogen (secondary N) is 2. The molecule has 0 bridgehead atoms. The summed E-state index contributed by atoms with van der Waals surface area (Å²) in [5, 5.41) is 2.71. The molecule has 1 fully saturated rings. The maximum Gasteiger partial charge on any atom is 0.325 e. The van der Waals surface area contributed by atoms with E-state index in [-0.39, 0.29) is 11.9 Å². The van der Waals surface area contributed by atoms with E-state index in [4.69, 9.17) is 5.73 Å². The van der Waals surface area contributed by atoms with Gasteiger partial charge in [0.2, 0.25) is 0 Å². The maximum atomic E-state index is 12.1. The van der Waals surface area contributed by atoms with Crippen LogP contribution in [0.4, 0.5) is 4.79 Å². The highest BCUT2D eigenvalue weighted by molar-refractivity contribution is 6.07. The molecule has 2 heterocycles. The number of amides is 3. The highest BCUT2D eigenvalue weighted by Gasteiger charge is 2.50. The van der Waals surface area contributed by atoms with E-state index in [0.717, 1.165) is 10.5 Å².